The molecule has 0 amide bonds. The average molecular weight is 351 g/mol. The Balaban J connectivity index is 1.96. The van der Waals surface area contributed by atoms with Gasteiger partial charge in [-0.2, -0.15) is 0 Å². The van der Waals surface area contributed by atoms with E-state index >= 15 is 0 Å². The summed E-state index contributed by atoms with van der Waals surface area (Å²) in [5.41, 5.74) is 3.87. The van der Waals surface area contributed by atoms with Gasteiger partial charge in [0.05, 0.1) is 17.7 Å². The quantitative estimate of drug-likeness (QED) is 0.544. The first kappa shape index (κ1) is 16.9. The van der Waals surface area contributed by atoms with Crippen molar-refractivity contribution in [3.8, 4) is 11.3 Å². The molecule has 0 bridgehead atoms. The number of hydrogen-bond donors (Lipinski definition) is 1. The normalized spacial score (nSPS) is 10.8. The molecule has 1 aromatic carbocycles. The lowest BCUT2D eigenvalue weighted by Crippen LogP contribution is -1.93. The van der Waals surface area contributed by atoms with Gasteiger partial charge in [0.25, 0.3) is 0 Å². The van der Waals surface area contributed by atoms with Gasteiger partial charge in [0.1, 0.15) is 0 Å². The summed E-state index contributed by atoms with van der Waals surface area (Å²) in [5, 5.41) is 4.07. The van der Waals surface area contributed by atoms with Gasteiger partial charge in [-0.3, -0.25) is 4.98 Å². The number of aryl methyl sites for hydroxylation is 1. The summed E-state index contributed by atoms with van der Waals surface area (Å²) in [6.07, 6.45) is 6.56. The lowest BCUT2D eigenvalue weighted by Gasteiger charge is -2.02. The Morgan fingerprint density at radius 3 is 2.76 bits per heavy atom. The van der Waals surface area contributed by atoms with Crippen LogP contribution in [0, 0.1) is 6.92 Å². The maximum atomic E-state index is 11.4. The largest absolute Gasteiger partial charge is 0.466 e. The van der Waals surface area contributed by atoms with E-state index in [1.54, 1.807) is 18.5 Å². The zero-order chi connectivity index (χ0) is 17.6. The number of nitrogens with zero attached hydrogens (tertiary/aromatic N) is 2. The first-order valence-electron chi connectivity index (χ1n) is 7.66. The Labute approximate surface area is 150 Å². The van der Waals surface area contributed by atoms with Crippen LogP contribution in [0.5, 0.6) is 0 Å². The van der Waals surface area contributed by atoms with Gasteiger partial charge in [-0.1, -0.05) is 23.5 Å². The van der Waals surface area contributed by atoms with Crippen LogP contribution in [0.25, 0.3) is 17.3 Å². The summed E-state index contributed by atoms with van der Waals surface area (Å²) in [5.74, 6) is -0.401. The van der Waals surface area contributed by atoms with Crippen molar-refractivity contribution in [3.05, 3.63) is 65.3 Å². The van der Waals surface area contributed by atoms with Gasteiger partial charge >= 0.3 is 5.97 Å². The van der Waals surface area contributed by atoms with Gasteiger partial charge in [0, 0.05) is 29.7 Å². The highest BCUT2D eigenvalue weighted by Crippen LogP contribution is 2.33. The first-order valence-corrected chi connectivity index (χ1v) is 8.48. The number of benzene rings is 1. The minimum absolute atomic E-state index is 0.401. The minimum Gasteiger partial charge on any atom is -0.466 e. The molecule has 1 N–H and O–H groups in total. The van der Waals surface area contributed by atoms with Crippen molar-refractivity contribution in [3.63, 3.8) is 0 Å². The first-order chi connectivity index (χ1) is 12.2. The highest BCUT2D eigenvalue weighted by atomic mass is 32.1. The van der Waals surface area contributed by atoms with E-state index in [9.17, 15) is 4.79 Å². The third-order valence-electron chi connectivity index (χ3n) is 3.45. The van der Waals surface area contributed by atoms with Crippen LogP contribution in [0.1, 0.15) is 10.4 Å². The number of anilines is 2. The van der Waals surface area contributed by atoms with Crippen LogP contribution in [0.15, 0.2) is 54.9 Å². The molecule has 0 aliphatic rings. The molecular formula is C19H17N3O2S. The number of methoxy groups -OCH3 is 1. The third-order valence-corrected chi connectivity index (χ3v) is 4.38. The second-order valence-corrected chi connectivity index (χ2v) is 6.35. The Morgan fingerprint density at radius 2 is 2.04 bits per heavy atom. The lowest BCUT2D eigenvalue weighted by molar-refractivity contribution is -0.134. The molecule has 0 unspecified atom stereocenters. The molecule has 3 aromatic rings. The maximum Gasteiger partial charge on any atom is 0.330 e. The van der Waals surface area contributed by atoms with Gasteiger partial charge in [0.15, 0.2) is 5.13 Å². The lowest BCUT2D eigenvalue weighted by atomic mass is 10.2. The third kappa shape index (κ3) is 4.30. The van der Waals surface area contributed by atoms with Crippen LogP contribution in [0.4, 0.5) is 10.8 Å². The van der Waals surface area contributed by atoms with Crippen LogP contribution in [0.2, 0.25) is 0 Å². The highest BCUT2D eigenvalue weighted by molar-refractivity contribution is 7.17. The van der Waals surface area contributed by atoms with E-state index in [-0.39, 0.29) is 0 Å². The minimum atomic E-state index is -0.401. The summed E-state index contributed by atoms with van der Waals surface area (Å²) in [6.45, 7) is 2.04. The summed E-state index contributed by atoms with van der Waals surface area (Å²) < 4.78 is 4.67. The molecule has 0 atom stereocenters. The topological polar surface area (TPSA) is 64.1 Å². The number of rotatable bonds is 5. The van der Waals surface area contributed by atoms with Gasteiger partial charge in [-0.05, 0) is 42.8 Å². The van der Waals surface area contributed by atoms with Gasteiger partial charge < -0.3 is 10.1 Å². The maximum absolute atomic E-state index is 11.4. The molecule has 0 radical (unpaired) electrons. The molecule has 2 aromatic heterocycles. The fourth-order valence-electron chi connectivity index (χ4n) is 2.27. The van der Waals surface area contributed by atoms with Crippen LogP contribution >= 0.6 is 11.3 Å². The molecule has 126 valence electrons. The number of hydrogen-bond acceptors (Lipinski definition) is 6. The van der Waals surface area contributed by atoms with Gasteiger partial charge in [0.2, 0.25) is 0 Å². The monoisotopic (exact) mass is 351 g/mol. The molecule has 0 spiro atoms. The van der Waals surface area contributed by atoms with E-state index in [0.29, 0.717) is 0 Å². The standard InChI is InChI=1S/C19H17N3O2S/c1-13-4-3-5-15(12-13)21-19-22-18(14-8-10-20-11-9-14)16(25-19)6-7-17(23)24-2/h3-12H,1-2H3,(H,21,22)/b7-6+. The molecule has 3 rings (SSSR count). The molecule has 0 saturated carbocycles. The Bertz CT molecular complexity index is 904. The summed E-state index contributed by atoms with van der Waals surface area (Å²) in [6, 6.07) is 11.9. The number of pyridine rings is 1. The van der Waals surface area contributed by atoms with E-state index in [1.165, 1.54) is 30.1 Å². The number of carbonyl (C=O) groups is 1. The zero-order valence-electron chi connectivity index (χ0n) is 13.9. The second-order valence-electron chi connectivity index (χ2n) is 5.32. The number of aromatic nitrogens is 2. The molecule has 25 heavy (non-hydrogen) atoms. The van der Waals surface area contributed by atoms with Crippen molar-refractivity contribution in [1.29, 1.82) is 0 Å². The molecular weight excluding hydrogens is 334 g/mol. The van der Waals surface area contributed by atoms with Crippen LogP contribution in [-0.2, 0) is 9.53 Å². The van der Waals surface area contributed by atoms with Gasteiger partial charge in [-0.15, -0.1) is 0 Å². The molecule has 0 aliphatic heterocycles. The Morgan fingerprint density at radius 1 is 1.24 bits per heavy atom. The fraction of sp³-hybridized carbons (Fsp3) is 0.105. The van der Waals surface area contributed by atoms with Crippen LogP contribution in [-0.4, -0.2) is 23.0 Å². The molecule has 5 nitrogen and oxygen atoms in total. The number of esters is 1. The van der Waals surface area contributed by atoms with Crippen molar-refractivity contribution in [2.45, 2.75) is 6.92 Å². The average Bonchev–Trinajstić information content (AvgIpc) is 3.03. The molecule has 6 heteroatoms. The van der Waals surface area contributed by atoms with Crippen molar-refractivity contribution in [2.75, 3.05) is 12.4 Å². The number of carbonyl (C=O) groups excluding carboxylic acids is 1. The molecule has 0 fully saturated rings. The Hall–Kier alpha value is -2.99. The SMILES string of the molecule is COC(=O)/C=C/c1sc(Nc2cccc(C)c2)nc1-c1ccncc1. The van der Waals surface area contributed by atoms with Crippen LogP contribution < -0.4 is 5.32 Å². The van der Waals surface area contributed by atoms with E-state index in [4.69, 9.17) is 0 Å². The van der Waals surface area contributed by atoms with E-state index in [2.05, 4.69) is 26.1 Å². The molecule has 2 heterocycles. The number of nitrogens with one attached hydrogen (secondary N) is 1. The summed E-state index contributed by atoms with van der Waals surface area (Å²) in [7, 11) is 1.36. The Kier molecular flexibility index (Phi) is 5.20. The molecule has 0 aliphatic carbocycles. The smallest absolute Gasteiger partial charge is 0.330 e. The predicted molar refractivity (Wildman–Crippen MR) is 101 cm³/mol. The van der Waals surface area contributed by atoms with Crippen molar-refractivity contribution < 1.29 is 9.53 Å². The highest BCUT2D eigenvalue weighted by Gasteiger charge is 2.12. The summed E-state index contributed by atoms with van der Waals surface area (Å²) in [4.78, 5) is 21.0. The second kappa shape index (κ2) is 7.72. The van der Waals surface area contributed by atoms with Crippen molar-refractivity contribution >= 4 is 34.2 Å². The molecule has 0 saturated heterocycles. The van der Waals surface area contributed by atoms with E-state index in [1.807, 2.05) is 37.3 Å². The van der Waals surface area contributed by atoms with Crippen molar-refractivity contribution in [2.24, 2.45) is 0 Å². The van der Waals surface area contributed by atoms with Crippen LogP contribution in [0.3, 0.4) is 0 Å². The zero-order valence-corrected chi connectivity index (χ0v) is 14.7. The van der Waals surface area contributed by atoms with E-state index < -0.39 is 5.97 Å². The van der Waals surface area contributed by atoms with Gasteiger partial charge in [-0.25, -0.2) is 9.78 Å². The van der Waals surface area contributed by atoms with E-state index in [0.717, 1.165) is 27.0 Å². The number of ether oxygens (including phenoxy) is 1. The predicted octanol–water partition coefficient (Wildman–Crippen LogP) is 4.44. The fourth-order valence-corrected chi connectivity index (χ4v) is 3.18. The van der Waals surface area contributed by atoms with Crippen molar-refractivity contribution in [1.82, 2.24) is 9.97 Å². The summed E-state index contributed by atoms with van der Waals surface area (Å²) >= 11 is 1.47. The number of thiazole rings is 1.